The second kappa shape index (κ2) is 3.55. The molecule has 5 rings (SSSR count). The van der Waals surface area contributed by atoms with Crippen LogP contribution in [0.3, 0.4) is 0 Å². The van der Waals surface area contributed by atoms with Crippen molar-refractivity contribution in [2.45, 2.75) is 51.6 Å². The molecule has 0 heterocycles. The molecular formula is C19H22O2. The third kappa shape index (κ3) is 1.25. The van der Waals surface area contributed by atoms with Gasteiger partial charge in [0, 0.05) is 10.8 Å². The molecular weight excluding hydrogens is 260 g/mol. The molecule has 4 atom stereocenters. The van der Waals surface area contributed by atoms with Gasteiger partial charge >= 0.3 is 0 Å². The summed E-state index contributed by atoms with van der Waals surface area (Å²) in [5.74, 6) is 1.11. The van der Waals surface area contributed by atoms with E-state index in [4.69, 9.17) is 0 Å². The Morgan fingerprint density at radius 3 is 2.90 bits per heavy atom. The minimum atomic E-state index is -0.105. The van der Waals surface area contributed by atoms with Crippen molar-refractivity contribution in [1.82, 2.24) is 0 Å². The van der Waals surface area contributed by atoms with Crippen molar-refractivity contribution < 1.29 is 10.2 Å². The number of fused-ring (bicyclic) bond motifs is 2. The van der Waals surface area contributed by atoms with E-state index < -0.39 is 0 Å². The highest BCUT2D eigenvalue weighted by molar-refractivity contribution is 5.77. The number of aliphatic hydroxyl groups is 1. The summed E-state index contributed by atoms with van der Waals surface area (Å²) in [6, 6.07) is 5.88. The maximum atomic E-state index is 10.5. The zero-order valence-corrected chi connectivity index (χ0v) is 12.5. The van der Waals surface area contributed by atoms with Gasteiger partial charge < -0.3 is 10.2 Å². The quantitative estimate of drug-likeness (QED) is 0.762. The standard InChI is InChI=1S/C19H22O2/c1-18-7-6-15-14-4-3-13(20)8-11(14)2-5-16(15)19(18)10-12(19)9-17(18)21/h3-4,8,12,17,20-21H,2,5-7,9-10H2,1H3/t12-,17+,18+,19+/m0/s1. The maximum absolute atomic E-state index is 10.5. The van der Waals surface area contributed by atoms with Crippen molar-refractivity contribution in [1.29, 1.82) is 0 Å². The molecule has 2 N–H and O–H groups in total. The highest BCUT2D eigenvalue weighted by atomic mass is 16.3. The fourth-order valence-corrected chi connectivity index (χ4v) is 6.06. The zero-order valence-electron chi connectivity index (χ0n) is 12.5. The van der Waals surface area contributed by atoms with Crippen LogP contribution in [-0.2, 0) is 6.42 Å². The van der Waals surface area contributed by atoms with Gasteiger partial charge in [-0.15, -0.1) is 0 Å². The number of aromatic hydroxyl groups is 1. The van der Waals surface area contributed by atoms with E-state index in [1.807, 2.05) is 12.1 Å². The lowest BCUT2D eigenvalue weighted by atomic mass is 9.59. The van der Waals surface area contributed by atoms with Crippen LogP contribution in [0.15, 0.2) is 23.8 Å². The van der Waals surface area contributed by atoms with Gasteiger partial charge in [0.05, 0.1) is 6.10 Å². The summed E-state index contributed by atoms with van der Waals surface area (Å²) in [5.41, 5.74) is 6.32. The van der Waals surface area contributed by atoms with Crippen molar-refractivity contribution in [3.8, 4) is 5.75 Å². The number of aryl methyl sites for hydroxylation is 1. The highest BCUT2D eigenvalue weighted by Crippen LogP contribution is 2.80. The van der Waals surface area contributed by atoms with Gasteiger partial charge in [-0.2, -0.15) is 0 Å². The molecule has 2 saturated carbocycles. The second-order valence-electron chi connectivity index (χ2n) is 7.84. The second-order valence-corrected chi connectivity index (χ2v) is 7.84. The van der Waals surface area contributed by atoms with Gasteiger partial charge in [-0.3, -0.25) is 0 Å². The topological polar surface area (TPSA) is 40.5 Å². The first-order chi connectivity index (χ1) is 10.1. The predicted molar refractivity (Wildman–Crippen MR) is 81.9 cm³/mol. The first-order valence-electron chi connectivity index (χ1n) is 8.29. The molecule has 1 spiro atoms. The van der Waals surface area contributed by atoms with Crippen LogP contribution in [0, 0.1) is 16.7 Å². The first-order valence-corrected chi connectivity index (χ1v) is 8.29. The Hall–Kier alpha value is -1.28. The summed E-state index contributed by atoms with van der Waals surface area (Å²) in [5, 5.41) is 20.3. The molecule has 4 aliphatic carbocycles. The minimum Gasteiger partial charge on any atom is -0.508 e. The number of aliphatic hydroxyl groups excluding tert-OH is 1. The SMILES string of the molecule is C[C@]12CCC3=C(CCc4cc(O)ccc43)[C@]13C[C@@H]3C[C@H]2O. The number of benzene rings is 1. The molecule has 2 nitrogen and oxygen atoms in total. The molecule has 1 aromatic carbocycles. The Balaban J connectivity index is 1.70. The summed E-state index contributed by atoms with van der Waals surface area (Å²) in [6.07, 6.45) is 6.58. The summed E-state index contributed by atoms with van der Waals surface area (Å²) >= 11 is 0. The Bertz CT molecular complexity index is 689. The van der Waals surface area contributed by atoms with E-state index in [1.165, 1.54) is 17.5 Å². The average Bonchev–Trinajstić information content (AvgIpc) is 3.12. The number of hydrogen-bond acceptors (Lipinski definition) is 2. The Morgan fingerprint density at radius 1 is 1.19 bits per heavy atom. The van der Waals surface area contributed by atoms with E-state index in [0.29, 0.717) is 11.2 Å². The van der Waals surface area contributed by atoms with Gasteiger partial charge in [-0.1, -0.05) is 18.6 Å². The molecule has 0 radical (unpaired) electrons. The van der Waals surface area contributed by atoms with Gasteiger partial charge in [-0.05, 0) is 73.3 Å². The molecule has 0 bridgehead atoms. The van der Waals surface area contributed by atoms with E-state index in [-0.39, 0.29) is 11.5 Å². The molecule has 1 aromatic rings. The van der Waals surface area contributed by atoms with Crippen LogP contribution in [0.2, 0.25) is 0 Å². The molecule has 0 aromatic heterocycles. The predicted octanol–water partition coefficient (Wildman–Crippen LogP) is 3.66. The number of phenolic OH excluding ortho intramolecular Hbond substituents is 1. The molecule has 4 aliphatic rings. The Labute approximate surface area is 125 Å². The molecule has 110 valence electrons. The Kier molecular flexibility index (Phi) is 2.07. The van der Waals surface area contributed by atoms with Crippen molar-refractivity contribution in [2.75, 3.05) is 0 Å². The maximum Gasteiger partial charge on any atom is 0.115 e. The number of phenols is 1. The fourth-order valence-electron chi connectivity index (χ4n) is 6.06. The third-order valence-corrected chi connectivity index (χ3v) is 7.22. The molecule has 2 fully saturated rings. The van der Waals surface area contributed by atoms with E-state index in [1.54, 1.807) is 11.1 Å². The summed E-state index contributed by atoms with van der Waals surface area (Å²) in [6.45, 7) is 2.33. The van der Waals surface area contributed by atoms with Crippen LogP contribution in [0.5, 0.6) is 5.75 Å². The third-order valence-electron chi connectivity index (χ3n) is 7.22. The van der Waals surface area contributed by atoms with Gasteiger partial charge in [0.1, 0.15) is 5.75 Å². The smallest absolute Gasteiger partial charge is 0.115 e. The highest BCUT2D eigenvalue weighted by Gasteiger charge is 2.74. The molecule has 21 heavy (non-hydrogen) atoms. The lowest BCUT2D eigenvalue weighted by molar-refractivity contribution is 0.0114. The summed E-state index contributed by atoms with van der Waals surface area (Å²) in [7, 11) is 0. The van der Waals surface area contributed by atoms with E-state index >= 15 is 0 Å². The monoisotopic (exact) mass is 282 g/mol. The summed E-state index contributed by atoms with van der Waals surface area (Å²) < 4.78 is 0. The van der Waals surface area contributed by atoms with Crippen LogP contribution in [-0.4, -0.2) is 16.3 Å². The Morgan fingerprint density at radius 2 is 2.05 bits per heavy atom. The first kappa shape index (κ1) is 12.3. The number of hydrogen-bond donors (Lipinski definition) is 2. The van der Waals surface area contributed by atoms with Gasteiger partial charge in [0.2, 0.25) is 0 Å². The van der Waals surface area contributed by atoms with Crippen LogP contribution in [0.1, 0.15) is 50.2 Å². The van der Waals surface area contributed by atoms with Crippen molar-refractivity contribution in [3.63, 3.8) is 0 Å². The molecule has 0 unspecified atom stereocenters. The van der Waals surface area contributed by atoms with Crippen molar-refractivity contribution in [3.05, 3.63) is 34.9 Å². The zero-order chi connectivity index (χ0) is 14.4. The molecule has 0 aliphatic heterocycles. The van der Waals surface area contributed by atoms with E-state index in [9.17, 15) is 10.2 Å². The van der Waals surface area contributed by atoms with Crippen molar-refractivity contribution in [2.24, 2.45) is 16.7 Å². The lowest BCUT2D eigenvalue weighted by Gasteiger charge is -2.46. The number of rotatable bonds is 0. The number of allylic oxidation sites excluding steroid dienone is 2. The van der Waals surface area contributed by atoms with Gasteiger partial charge in [-0.25, -0.2) is 0 Å². The molecule has 0 amide bonds. The van der Waals surface area contributed by atoms with E-state index in [2.05, 4.69) is 13.0 Å². The average molecular weight is 282 g/mol. The van der Waals surface area contributed by atoms with Crippen LogP contribution >= 0.6 is 0 Å². The lowest BCUT2D eigenvalue weighted by Crippen LogP contribution is -2.41. The molecule has 2 heteroatoms. The van der Waals surface area contributed by atoms with Crippen molar-refractivity contribution >= 4 is 5.57 Å². The van der Waals surface area contributed by atoms with Gasteiger partial charge in [0.15, 0.2) is 0 Å². The van der Waals surface area contributed by atoms with Gasteiger partial charge in [0.25, 0.3) is 0 Å². The van der Waals surface area contributed by atoms with Crippen LogP contribution in [0.25, 0.3) is 5.57 Å². The summed E-state index contributed by atoms with van der Waals surface area (Å²) in [4.78, 5) is 0. The van der Waals surface area contributed by atoms with Crippen LogP contribution in [0.4, 0.5) is 0 Å². The minimum absolute atomic E-state index is 0.105. The van der Waals surface area contributed by atoms with E-state index in [0.717, 1.165) is 38.0 Å². The molecule has 0 saturated heterocycles. The largest absolute Gasteiger partial charge is 0.508 e. The normalized spacial score (nSPS) is 43.0. The van der Waals surface area contributed by atoms with Crippen LogP contribution < -0.4 is 0 Å². The fraction of sp³-hybridized carbons (Fsp3) is 0.579.